The van der Waals surface area contributed by atoms with E-state index in [0.29, 0.717) is 0 Å². The Morgan fingerprint density at radius 3 is 2.11 bits per heavy atom. The zero-order valence-corrected chi connectivity index (χ0v) is 18.6. The van der Waals surface area contributed by atoms with E-state index in [2.05, 4.69) is 25.3 Å². The van der Waals surface area contributed by atoms with Gasteiger partial charge in [0.15, 0.2) is 5.82 Å². The summed E-state index contributed by atoms with van der Waals surface area (Å²) < 4.78 is 102. The molecule has 0 aliphatic heterocycles. The number of carbonyl (C=O) groups excluding carboxylic acids is 1. The second kappa shape index (κ2) is 9.20. The largest absolute Gasteiger partial charge is 0.501 e. The maximum absolute atomic E-state index is 13.3. The number of alkyl halides is 6. The highest BCUT2D eigenvalue weighted by atomic mass is 32.2. The molecule has 0 fully saturated rings. The summed E-state index contributed by atoms with van der Waals surface area (Å²) in [6.07, 6.45) is 0.356. The Bertz CT molecular complexity index is 1360. The van der Waals surface area contributed by atoms with Crippen LogP contribution in [-0.4, -0.2) is 39.8 Å². The molecule has 186 valence electrons. The Kier molecular flexibility index (Phi) is 6.83. The number of aromatic nitrogens is 4. The third-order valence-corrected chi connectivity index (χ3v) is 6.05. The van der Waals surface area contributed by atoms with Gasteiger partial charge in [-0.1, -0.05) is 0 Å². The van der Waals surface area contributed by atoms with Gasteiger partial charge in [0.1, 0.15) is 5.69 Å². The third-order valence-electron chi connectivity index (χ3n) is 4.59. The number of amides is 1. The van der Waals surface area contributed by atoms with Crippen LogP contribution in [0.15, 0.2) is 47.9 Å². The number of hydrogen-bond donors (Lipinski definition) is 1. The van der Waals surface area contributed by atoms with Crippen molar-refractivity contribution >= 4 is 15.7 Å². The summed E-state index contributed by atoms with van der Waals surface area (Å²) in [6, 6.07) is -0.745. The molecule has 3 rings (SSSR count). The fourth-order valence-electron chi connectivity index (χ4n) is 2.88. The summed E-state index contributed by atoms with van der Waals surface area (Å²) in [5, 5.41) is 2.29. The van der Waals surface area contributed by atoms with Crippen LogP contribution in [0.4, 0.5) is 26.3 Å². The highest BCUT2D eigenvalue weighted by molar-refractivity contribution is 7.92. The van der Waals surface area contributed by atoms with Crippen LogP contribution < -0.4 is 5.32 Å². The number of nitrogens with zero attached hydrogens (tertiary/aromatic N) is 4. The first-order valence-corrected chi connectivity index (χ1v) is 11.0. The molecule has 1 N–H and O–H groups in total. The fourth-order valence-corrected chi connectivity index (χ4v) is 3.72. The second-order valence-electron chi connectivity index (χ2n) is 7.26. The standard InChI is InChI=1S/C20H15F6N5O3S/c1-10-8-29-17(30-9-10)16-15(27-3-4-28-16)11(2)31-18(32)12-5-13(19(21,22)23)7-14(6-12)35(33,34)20(24,25)26/h3-9,11H,1-2H3,(H,31,32). The van der Waals surface area contributed by atoms with Crippen LogP contribution in [0.2, 0.25) is 0 Å². The van der Waals surface area contributed by atoms with Gasteiger partial charge in [0, 0.05) is 30.4 Å². The average molecular weight is 519 g/mol. The van der Waals surface area contributed by atoms with Crippen molar-refractivity contribution in [2.24, 2.45) is 0 Å². The molecule has 3 aromatic rings. The van der Waals surface area contributed by atoms with Crippen LogP contribution in [0.3, 0.4) is 0 Å². The lowest BCUT2D eigenvalue weighted by Gasteiger charge is -2.17. The van der Waals surface area contributed by atoms with Crippen LogP contribution in [-0.2, 0) is 16.0 Å². The fraction of sp³-hybridized carbons (Fsp3) is 0.250. The first-order chi connectivity index (χ1) is 16.1. The highest BCUT2D eigenvalue weighted by Crippen LogP contribution is 2.36. The zero-order valence-electron chi connectivity index (χ0n) is 17.8. The molecule has 2 heterocycles. The van der Waals surface area contributed by atoms with Crippen LogP contribution in [0.25, 0.3) is 11.5 Å². The lowest BCUT2D eigenvalue weighted by atomic mass is 10.1. The van der Waals surface area contributed by atoms with Crippen LogP contribution in [0.5, 0.6) is 0 Å². The summed E-state index contributed by atoms with van der Waals surface area (Å²) in [7, 11) is -6.16. The number of sulfone groups is 1. The Balaban J connectivity index is 2.00. The molecule has 35 heavy (non-hydrogen) atoms. The minimum absolute atomic E-state index is 0.111. The first-order valence-electron chi connectivity index (χ1n) is 9.55. The molecule has 8 nitrogen and oxygen atoms in total. The summed E-state index contributed by atoms with van der Waals surface area (Å²) in [4.78, 5) is 27.4. The number of hydrogen-bond acceptors (Lipinski definition) is 7. The number of carbonyl (C=O) groups is 1. The minimum atomic E-state index is -6.16. The van der Waals surface area contributed by atoms with Gasteiger partial charge in [-0.25, -0.2) is 23.4 Å². The molecule has 1 atom stereocenters. The molecule has 0 aliphatic carbocycles. The third kappa shape index (κ3) is 5.55. The van der Waals surface area contributed by atoms with Crippen molar-refractivity contribution in [3.8, 4) is 11.5 Å². The van der Waals surface area contributed by atoms with Crippen molar-refractivity contribution in [2.75, 3.05) is 0 Å². The smallest absolute Gasteiger partial charge is 0.344 e. The number of rotatable bonds is 5. The second-order valence-corrected chi connectivity index (χ2v) is 9.20. The van der Waals surface area contributed by atoms with Crippen molar-refractivity contribution < 1.29 is 39.6 Å². The van der Waals surface area contributed by atoms with Gasteiger partial charge in [0.05, 0.1) is 22.2 Å². The van der Waals surface area contributed by atoms with Crippen LogP contribution >= 0.6 is 0 Å². The van der Waals surface area contributed by atoms with E-state index >= 15 is 0 Å². The Morgan fingerprint density at radius 1 is 0.943 bits per heavy atom. The summed E-state index contributed by atoms with van der Waals surface area (Å²) >= 11 is 0. The molecule has 2 aromatic heterocycles. The quantitative estimate of drug-likeness (QED) is 0.506. The van der Waals surface area contributed by atoms with Gasteiger partial charge >= 0.3 is 11.7 Å². The van der Waals surface area contributed by atoms with Gasteiger partial charge in [0.25, 0.3) is 15.7 Å². The molecule has 15 heteroatoms. The molecule has 0 bridgehead atoms. The minimum Gasteiger partial charge on any atom is -0.344 e. The van der Waals surface area contributed by atoms with Gasteiger partial charge in [-0.15, -0.1) is 0 Å². The van der Waals surface area contributed by atoms with E-state index in [1.165, 1.54) is 31.7 Å². The van der Waals surface area contributed by atoms with Crippen molar-refractivity contribution in [1.82, 2.24) is 25.3 Å². The number of aryl methyl sites for hydroxylation is 1. The summed E-state index contributed by atoms with van der Waals surface area (Å²) in [5.41, 5.74) is -7.57. The Morgan fingerprint density at radius 2 is 1.54 bits per heavy atom. The summed E-state index contributed by atoms with van der Waals surface area (Å²) in [5.74, 6) is -1.14. The molecular formula is C20H15F6N5O3S. The van der Waals surface area contributed by atoms with Gasteiger partial charge in [-0.3, -0.25) is 9.78 Å². The first kappa shape index (κ1) is 26.0. The maximum Gasteiger partial charge on any atom is 0.501 e. The van der Waals surface area contributed by atoms with E-state index in [4.69, 9.17) is 0 Å². The molecule has 1 unspecified atom stereocenters. The van der Waals surface area contributed by atoms with Gasteiger partial charge in [0.2, 0.25) is 0 Å². The lowest BCUT2D eigenvalue weighted by Crippen LogP contribution is -2.29. The van der Waals surface area contributed by atoms with E-state index in [0.717, 1.165) is 5.56 Å². The molecule has 0 saturated carbocycles. The van der Waals surface area contributed by atoms with E-state index in [9.17, 15) is 39.6 Å². The van der Waals surface area contributed by atoms with Gasteiger partial charge in [-0.05, 0) is 37.6 Å². The topological polar surface area (TPSA) is 115 Å². The van der Waals surface area contributed by atoms with Crippen LogP contribution in [0, 0.1) is 6.92 Å². The van der Waals surface area contributed by atoms with Crippen LogP contribution in [0.1, 0.15) is 40.1 Å². The van der Waals surface area contributed by atoms with Crippen molar-refractivity contribution in [2.45, 2.75) is 36.5 Å². The van der Waals surface area contributed by atoms with Gasteiger partial charge < -0.3 is 5.32 Å². The van der Waals surface area contributed by atoms with E-state index in [1.807, 2.05) is 0 Å². The monoisotopic (exact) mass is 519 g/mol. The lowest BCUT2D eigenvalue weighted by molar-refractivity contribution is -0.137. The predicted octanol–water partition coefficient (Wildman–Crippen LogP) is 4.05. The normalized spacial score (nSPS) is 13.4. The molecule has 1 aromatic carbocycles. The van der Waals surface area contributed by atoms with E-state index in [1.54, 1.807) is 6.92 Å². The van der Waals surface area contributed by atoms with Crippen molar-refractivity contribution in [3.05, 3.63) is 65.4 Å². The summed E-state index contributed by atoms with van der Waals surface area (Å²) in [6.45, 7) is 3.13. The Hall–Kier alpha value is -3.62. The molecule has 1 amide bonds. The molecule has 0 spiro atoms. The van der Waals surface area contributed by atoms with Gasteiger partial charge in [-0.2, -0.15) is 26.3 Å². The zero-order chi connectivity index (χ0) is 26.2. The SMILES string of the molecule is Cc1cnc(-c2nccnc2C(C)NC(=O)c2cc(C(F)(F)F)cc(S(=O)(=O)C(F)(F)F)c2)nc1. The maximum atomic E-state index is 13.3. The molecule has 0 radical (unpaired) electrons. The highest BCUT2D eigenvalue weighted by Gasteiger charge is 2.48. The van der Waals surface area contributed by atoms with E-state index < -0.39 is 49.5 Å². The van der Waals surface area contributed by atoms with E-state index in [-0.39, 0.29) is 35.4 Å². The number of nitrogens with one attached hydrogen (secondary N) is 1. The Labute approximate surface area is 194 Å². The molecule has 0 aliphatic rings. The number of halogens is 6. The van der Waals surface area contributed by atoms with Crippen molar-refractivity contribution in [1.29, 1.82) is 0 Å². The average Bonchev–Trinajstić information content (AvgIpc) is 2.78. The van der Waals surface area contributed by atoms with Crippen molar-refractivity contribution in [3.63, 3.8) is 0 Å². The molecular weight excluding hydrogens is 504 g/mol. The molecule has 0 saturated heterocycles. The number of benzene rings is 1. The predicted molar refractivity (Wildman–Crippen MR) is 108 cm³/mol.